The zero-order valence-corrected chi connectivity index (χ0v) is 62.0. The van der Waals surface area contributed by atoms with Crippen LogP contribution in [-0.4, -0.2) is 0 Å². The van der Waals surface area contributed by atoms with Crippen molar-refractivity contribution in [3.05, 3.63) is 319 Å². The lowest BCUT2D eigenvalue weighted by Gasteiger charge is -2.08. The third-order valence-electron chi connectivity index (χ3n) is 18.9. The molecule has 0 aliphatic heterocycles. The molecule has 0 aliphatic carbocycles. The fraction of sp³-hybridized carbons (Fsp3) is 0.267. The molecule has 0 bridgehead atoms. The highest BCUT2D eigenvalue weighted by Gasteiger charge is 2.20. The molecule has 0 atom stereocenters. The minimum atomic E-state index is -2.04. The van der Waals surface area contributed by atoms with Crippen LogP contribution in [0, 0.1) is 125 Å². The van der Waals surface area contributed by atoms with Gasteiger partial charge in [-0.3, -0.25) is 0 Å². The Bertz CT molecular complexity index is 4570. The van der Waals surface area contributed by atoms with Crippen molar-refractivity contribution < 1.29 is 31.5 Å². The van der Waals surface area contributed by atoms with Gasteiger partial charge in [-0.05, 0) is 189 Å². The summed E-state index contributed by atoms with van der Waals surface area (Å²) in [6.45, 7) is 34.2. The monoisotopic (exact) mass is 1280 g/mol. The molecular formula is C90H108N6+6. The predicted molar refractivity (Wildman–Crippen MR) is 404 cm³/mol. The van der Waals surface area contributed by atoms with Crippen LogP contribution in [0.15, 0.2) is 218 Å². The molecule has 0 saturated carbocycles. The Morgan fingerprint density at radius 1 is 0.208 bits per heavy atom. The van der Waals surface area contributed by atoms with Gasteiger partial charge in [-0.2, -0.15) is 27.4 Å². The van der Waals surface area contributed by atoms with Gasteiger partial charge in [0, 0.05) is 146 Å². The maximum atomic E-state index is 7.45. The van der Waals surface area contributed by atoms with Gasteiger partial charge in [0.15, 0.2) is 34.2 Å². The molecule has 12 aromatic rings. The Balaban J connectivity index is 0.000000167. The van der Waals surface area contributed by atoms with Crippen LogP contribution in [0.1, 0.15) is 105 Å². The van der Waals surface area contributed by atoms with Gasteiger partial charge in [0.05, 0.1) is 5.56 Å². The molecule has 0 N–H and O–H groups in total. The van der Waals surface area contributed by atoms with Crippen molar-refractivity contribution in [3.8, 4) is 67.5 Å². The number of rotatable bonds is 6. The van der Waals surface area contributed by atoms with E-state index in [-0.39, 0.29) is 0 Å². The molecule has 0 unspecified atom stereocenters. The molecular weight excluding hydrogens is 1170 g/mol. The number of pyridine rings is 6. The third kappa shape index (κ3) is 18.4. The third-order valence-corrected chi connectivity index (χ3v) is 18.9. The molecule has 6 aromatic heterocycles. The van der Waals surface area contributed by atoms with Crippen molar-refractivity contribution in [1.82, 2.24) is 0 Å². The second-order valence-corrected chi connectivity index (χ2v) is 26.2. The normalized spacial score (nSPS) is 11.1. The quantitative estimate of drug-likeness (QED) is 0.148. The highest BCUT2D eigenvalue weighted by molar-refractivity contribution is 5.67. The fourth-order valence-corrected chi connectivity index (χ4v) is 12.1. The van der Waals surface area contributed by atoms with Gasteiger partial charge in [0.25, 0.3) is 0 Å². The van der Waals surface area contributed by atoms with Crippen LogP contribution in [0.4, 0.5) is 0 Å². The molecule has 0 amide bonds. The van der Waals surface area contributed by atoms with Gasteiger partial charge >= 0.3 is 0 Å². The summed E-state index contributed by atoms with van der Waals surface area (Å²) in [4.78, 5) is 0. The molecule has 0 aliphatic rings. The van der Waals surface area contributed by atoms with Crippen molar-refractivity contribution in [2.45, 2.75) is 125 Å². The van der Waals surface area contributed by atoms with Crippen molar-refractivity contribution >= 4 is 0 Å². The van der Waals surface area contributed by atoms with E-state index >= 15 is 0 Å². The average molecular weight is 1280 g/mol. The van der Waals surface area contributed by atoms with Crippen molar-refractivity contribution in [3.63, 3.8) is 0 Å². The number of hydrogen-bond donors (Lipinski definition) is 0. The SMILES string of the molecule is Cc1ccc(C)c(-c2cccc(C)[n+]2C)c1.Cc1ccc(C)c(-c2cccc(C)[n+]2C)c1.Cc1ccc(C)c(-c2cccc(C)[n+]2C)c1.Cc1cccc(C)c1-c1cccc(C)[n+]1C.Cc1ccccc1-c1c(C)ccc(C)[n+]1C.[2H]C([2H])([2H])c1ccc(-c2cccc(C)[n+]2C)c(C)c1. The standard InChI is InChI=1S/6C15H18N/c1-11-7-5-8-12(2)15(11)14-10-6-9-13(3)16(14)4;1-11-8-9-14(12(2)10-11)15-7-5-6-13(3)16(15)4;3*1-11-8-9-12(2)14(10-11)15-7-5-6-13(3)16(15)4;1-11-7-5-6-8-14(11)15-12(2)9-10-13(3)16(15)4/h6*5-10H,1-4H3/q6*+1/i;1D3;;;;. The van der Waals surface area contributed by atoms with Crippen LogP contribution in [0.2, 0.25) is 0 Å². The van der Waals surface area contributed by atoms with E-state index in [0.29, 0.717) is 5.56 Å². The Morgan fingerprint density at radius 3 is 0.885 bits per heavy atom. The van der Waals surface area contributed by atoms with Gasteiger partial charge in [0.2, 0.25) is 34.2 Å². The molecule has 0 spiro atoms. The van der Waals surface area contributed by atoms with Gasteiger partial charge in [-0.15, -0.1) is 0 Å². The minimum absolute atomic E-state index is 0.393. The lowest BCUT2D eigenvalue weighted by atomic mass is 9.99. The first-order chi connectivity index (χ1) is 46.8. The number of hydrogen-bond acceptors (Lipinski definition) is 0. The van der Waals surface area contributed by atoms with E-state index in [4.69, 9.17) is 4.11 Å². The van der Waals surface area contributed by atoms with Gasteiger partial charge in [0.1, 0.15) is 42.3 Å². The molecule has 6 heterocycles. The van der Waals surface area contributed by atoms with Crippen LogP contribution >= 0.6 is 0 Å². The second-order valence-electron chi connectivity index (χ2n) is 26.2. The van der Waals surface area contributed by atoms with Crippen molar-refractivity contribution in [1.29, 1.82) is 0 Å². The van der Waals surface area contributed by atoms with E-state index in [1.807, 2.05) is 32.2 Å². The van der Waals surface area contributed by atoms with Crippen LogP contribution in [0.25, 0.3) is 67.5 Å². The topological polar surface area (TPSA) is 23.3 Å². The first-order valence-electron chi connectivity index (χ1n) is 35.0. The summed E-state index contributed by atoms with van der Waals surface area (Å²) in [6.07, 6.45) is 0. The van der Waals surface area contributed by atoms with Crippen LogP contribution in [0.3, 0.4) is 0 Å². The van der Waals surface area contributed by atoms with E-state index in [0.717, 1.165) is 22.5 Å². The molecule has 6 aromatic carbocycles. The highest BCUT2D eigenvalue weighted by Crippen LogP contribution is 2.28. The lowest BCUT2D eigenvalue weighted by molar-refractivity contribution is -0.667. The summed E-state index contributed by atoms with van der Waals surface area (Å²) in [5.41, 5.74) is 37.4. The summed E-state index contributed by atoms with van der Waals surface area (Å²) < 4.78 is 35.7. The zero-order valence-electron chi connectivity index (χ0n) is 65.0. The molecule has 6 nitrogen and oxygen atoms in total. The molecule has 0 saturated heterocycles. The first-order valence-corrected chi connectivity index (χ1v) is 33.5. The molecule has 492 valence electrons. The highest BCUT2D eigenvalue weighted by atomic mass is 15.0. The van der Waals surface area contributed by atoms with E-state index in [2.05, 4.69) is 361 Å². The van der Waals surface area contributed by atoms with E-state index in [1.54, 1.807) is 12.1 Å². The molecule has 0 radical (unpaired) electrons. The molecule has 6 heteroatoms. The van der Waals surface area contributed by atoms with Gasteiger partial charge in [-0.1, -0.05) is 107 Å². The Labute approximate surface area is 582 Å². The zero-order chi connectivity index (χ0) is 72.7. The van der Waals surface area contributed by atoms with Gasteiger partial charge in [-0.25, -0.2) is 0 Å². The first kappa shape index (κ1) is 69.1. The van der Waals surface area contributed by atoms with E-state index in [9.17, 15) is 0 Å². The van der Waals surface area contributed by atoms with Crippen LogP contribution in [-0.2, 0) is 42.3 Å². The average Bonchev–Trinajstić information content (AvgIpc) is 0.843. The Hall–Kier alpha value is -9.78. The summed E-state index contributed by atoms with van der Waals surface area (Å²) in [5.74, 6) is 0. The van der Waals surface area contributed by atoms with Crippen molar-refractivity contribution in [2.24, 2.45) is 42.3 Å². The Kier molecular flexibility index (Phi) is 24.1. The molecule has 96 heavy (non-hydrogen) atoms. The maximum Gasteiger partial charge on any atom is 0.215 e. The van der Waals surface area contributed by atoms with Crippen LogP contribution < -0.4 is 27.4 Å². The minimum Gasteiger partial charge on any atom is -0.199 e. The summed E-state index contributed by atoms with van der Waals surface area (Å²) in [5, 5.41) is 0. The van der Waals surface area contributed by atoms with Crippen molar-refractivity contribution in [2.75, 3.05) is 0 Å². The number of aryl methyl sites for hydroxylation is 18. The Morgan fingerprint density at radius 2 is 0.510 bits per heavy atom. The van der Waals surface area contributed by atoms with E-state index < -0.39 is 6.85 Å². The summed E-state index contributed by atoms with van der Waals surface area (Å²) in [6, 6.07) is 76.3. The number of aromatic nitrogens is 6. The smallest absolute Gasteiger partial charge is 0.199 e. The number of benzene rings is 6. The lowest BCUT2D eigenvalue weighted by Crippen LogP contribution is -2.35. The molecule has 0 fully saturated rings. The fourth-order valence-electron chi connectivity index (χ4n) is 12.1. The van der Waals surface area contributed by atoms with E-state index in [1.165, 1.54) is 140 Å². The van der Waals surface area contributed by atoms with Crippen LogP contribution in [0.5, 0.6) is 0 Å². The van der Waals surface area contributed by atoms with Gasteiger partial charge < -0.3 is 0 Å². The summed E-state index contributed by atoms with van der Waals surface area (Å²) >= 11 is 0. The maximum absolute atomic E-state index is 7.45. The molecule has 12 rings (SSSR count). The summed E-state index contributed by atoms with van der Waals surface area (Å²) in [7, 11) is 12.6. The predicted octanol–water partition coefficient (Wildman–Crippen LogP) is 18.6. The number of nitrogens with zero attached hydrogens (tertiary/aromatic N) is 6. The second kappa shape index (κ2) is 33.6. The largest absolute Gasteiger partial charge is 0.215 e.